The molecule has 3 nitrogen and oxygen atoms in total. The highest BCUT2D eigenvalue weighted by atomic mass is 35.5. The number of nitrogens with zero attached hydrogens (tertiary/aromatic N) is 2. The van der Waals surface area contributed by atoms with Gasteiger partial charge in [0.05, 0.1) is 17.7 Å². The van der Waals surface area contributed by atoms with Crippen molar-refractivity contribution in [1.29, 1.82) is 0 Å². The molecule has 0 aliphatic carbocycles. The number of hydrogen-bond acceptors (Lipinski definition) is 3. The SMILES string of the molecule is COc1ccc(C(C)N2CCN(c3ccc(Cl)c(C(F)(F)F)c3)CC2)c(C)c1C. The molecule has 7 heteroatoms. The number of halogens is 4. The molecule has 1 atom stereocenters. The summed E-state index contributed by atoms with van der Waals surface area (Å²) in [7, 11) is 1.67. The van der Waals surface area contributed by atoms with Crippen LogP contribution in [-0.2, 0) is 6.18 Å². The third-order valence-corrected chi connectivity index (χ3v) is 6.26. The van der Waals surface area contributed by atoms with E-state index in [1.807, 2.05) is 11.0 Å². The van der Waals surface area contributed by atoms with Crippen LogP contribution in [0.1, 0.15) is 35.2 Å². The quantitative estimate of drug-likeness (QED) is 0.608. The summed E-state index contributed by atoms with van der Waals surface area (Å²) in [5.74, 6) is 0.881. The van der Waals surface area contributed by atoms with Gasteiger partial charge in [-0.15, -0.1) is 0 Å². The Morgan fingerprint density at radius 2 is 1.66 bits per heavy atom. The summed E-state index contributed by atoms with van der Waals surface area (Å²) in [5.41, 5.74) is 3.38. The molecule has 0 bridgehead atoms. The summed E-state index contributed by atoms with van der Waals surface area (Å²) in [6.07, 6.45) is -4.45. The van der Waals surface area contributed by atoms with Gasteiger partial charge in [0.15, 0.2) is 0 Å². The van der Waals surface area contributed by atoms with Gasteiger partial charge in [-0.25, -0.2) is 0 Å². The molecule has 2 aromatic carbocycles. The molecule has 0 amide bonds. The van der Waals surface area contributed by atoms with Gasteiger partial charge >= 0.3 is 6.18 Å². The Morgan fingerprint density at radius 3 is 2.24 bits per heavy atom. The molecule has 1 aliphatic heterocycles. The minimum atomic E-state index is -4.45. The van der Waals surface area contributed by atoms with Crippen LogP contribution >= 0.6 is 11.6 Å². The molecule has 0 aromatic heterocycles. The Labute approximate surface area is 175 Å². The van der Waals surface area contributed by atoms with Gasteiger partial charge in [0, 0.05) is 37.9 Å². The van der Waals surface area contributed by atoms with Crippen molar-refractivity contribution in [2.24, 2.45) is 0 Å². The van der Waals surface area contributed by atoms with E-state index in [-0.39, 0.29) is 11.1 Å². The lowest BCUT2D eigenvalue weighted by Gasteiger charge is -2.40. The lowest BCUT2D eigenvalue weighted by molar-refractivity contribution is -0.137. The van der Waals surface area contributed by atoms with Gasteiger partial charge in [0.1, 0.15) is 5.75 Å². The molecule has 29 heavy (non-hydrogen) atoms. The number of benzene rings is 2. The summed E-state index contributed by atoms with van der Waals surface area (Å²) >= 11 is 5.75. The van der Waals surface area contributed by atoms with Crippen molar-refractivity contribution in [3.05, 3.63) is 57.6 Å². The van der Waals surface area contributed by atoms with Crippen molar-refractivity contribution < 1.29 is 17.9 Å². The van der Waals surface area contributed by atoms with E-state index in [4.69, 9.17) is 16.3 Å². The molecule has 0 N–H and O–H groups in total. The van der Waals surface area contributed by atoms with Crippen LogP contribution < -0.4 is 9.64 Å². The first kappa shape index (κ1) is 21.8. The second-order valence-corrected chi connectivity index (χ2v) is 7.88. The number of anilines is 1. The van der Waals surface area contributed by atoms with E-state index in [9.17, 15) is 13.2 Å². The van der Waals surface area contributed by atoms with Gasteiger partial charge in [-0.1, -0.05) is 17.7 Å². The zero-order chi connectivity index (χ0) is 21.3. The Bertz CT molecular complexity index is 877. The molecule has 1 saturated heterocycles. The van der Waals surface area contributed by atoms with Gasteiger partial charge in [0.25, 0.3) is 0 Å². The lowest BCUT2D eigenvalue weighted by atomic mass is 9.96. The fourth-order valence-corrected chi connectivity index (χ4v) is 4.21. The summed E-state index contributed by atoms with van der Waals surface area (Å²) in [6.45, 7) is 9.21. The van der Waals surface area contributed by atoms with Crippen LogP contribution in [0.2, 0.25) is 5.02 Å². The highest BCUT2D eigenvalue weighted by Crippen LogP contribution is 2.37. The molecule has 1 unspecified atom stereocenters. The van der Waals surface area contributed by atoms with Crippen LogP contribution in [0.5, 0.6) is 5.75 Å². The fourth-order valence-electron chi connectivity index (χ4n) is 3.98. The average molecular weight is 427 g/mol. The number of rotatable bonds is 4. The molecule has 0 spiro atoms. The molecule has 2 aromatic rings. The maximum absolute atomic E-state index is 13.2. The predicted octanol–water partition coefficient (Wildman–Crippen LogP) is 5.87. The standard InChI is InChI=1S/C22H26ClF3N2O/c1-14-15(2)21(29-4)8-6-18(14)16(3)27-9-11-28(12-10-27)17-5-7-20(23)19(13-17)22(24,25)26/h5-8,13,16H,9-12H2,1-4H3. The van der Waals surface area contributed by atoms with Crippen LogP contribution in [-0.4, -0.2) is 38.2 Å². The first-order valence-electron chi connectivity index (χ1n) is 9.63. The second kappa shape index (κ2) is 8.44. The minimum absolute atomic E-state index is 0.220. The topological polar surface area (TPSA) is 15.7 Å². The molecule has 1 aliphatic rings. The number of methoxy groups -OCH3 is 1. The summed E-state index contributed by atoms with van der Waals surface area (Å²) < 4.78 is 44.9. The van der Waals surface area contributed by atoms with Crippen LogP contribution in [0.3, 0.4) is 0 Å². The maximum Gasteiger partial charge on any atom is 0.417 e. The van der Waals surface area contributed by atoms with Crippen LogP contribution in [0.15, 0.2) is 30.3 Å². The van der Waals surface area contributed by atoms with E-state index in [1.165, 1.54) is 17.2 Å². The van der Waals surface area contributed by atoms with Crippen molar-refractivity contribution in [3.8, 4) is 5.75 Å². The Hall–Kier alpha value is -1.92. The fraction of sp³-hybridized carbons (Fsp3) is 0.455. The Balaban J connectivity index is 1.72. The van der Waals surface area contributed by atoms with E-state index in [0.717, 1.165) is 30.5 Å². The monoisotopic (exact) mass is 426 g/mol. The van der Waals surface area contributed by atoms with E-state index in [0.29, 0.717) is 18.8 Å². The number of ether oxygens (including phenoxy) is 1. The summed E-state index contributed by atoms with van der Waals surface area (Å²) in [5, 5.41) is -0.265. The number of alkyl halides is 3. The van der Waals surface area contributed by atoms with Gasteiger partial charge < -0.3 is 9.64 Å². The van der Waals surface area contributed by atoms with E-state index >= 15 is 0 Å². The van der Waals surface area contributed by atoms with E-state index in [1.54, 1.807) is 13.2 Å². The predicted molar refractivity (Wildman–Crippen MR) is 111 cm³/mol. The average Bonchev–Trinajstić information content (AvgIpc) is 2.69. The van der Waals surface area contributed by atoms with Crippen molar-refractivity contribution in [3.63, 3.8) is 0 Å². The summed E-state index contributed by atoms with van der Waals surface area (Å²) in [6, 6.07) is 8.46. The van der Waals surface area contributed by atoms with Crippen LogP contribution in [0.25, 0.3) is 0 Å². The zero-order valence-electron chi connectivity index (χ0n) is 17.1. The molecular formula is C22H26ClF3N2O. The van der Waals surface area contributed by atoms with Gasteiger partial charge in [-0.3, -0.25) is 4.90 Å². The van der Waals surface area contributed by atoms with E-state index < -0.39 is 11.7 Å². The third-order valence-electron chi connectivity index (χ3n) is 5.93. The van der Waals surface area contributed by atoms with Crippen molar-refractivity contribution in [2.45, 2.75) is 33.0 Å². The summed E-state index contributed by atoms with van der Waals surface area (Å²) in [4.78, 5) is 4.35. The largest absolute Gasteiger partial charge is 0.496 e. The molecule has 158 valence electrons. The molecule has 1 fully saturated rings. The number of hydrogen-bond donors (Lipinski definition) is 0. The van der Waals surface area contributed by atoms with Gasteiger partial charge in [-0.05, 0) is 61.7 Å². The van der Waals surface area contributed by atoms with Gasteiger partial charge in [-0.2, -0.15) is 13.2 Å². The third kappa shape index (κ3) is 4.48. The molecular weight excluding hydrogens is 401 g/mol. The smallest absolute Gasteiger partial charge is 0.417 e. The van der Waals surface area contributed by atoms with Crippen molar-refractivity contribution >= 4 is 17.3 Å². The van der Waals surface area contributed by atoms with Gasteiger partial charge in [0.2, 0.25) is 0 Å². The van der Waals surface area contributed by atoms with Crippen molar-refractivity contribution in [1.82, 2.24) is 4.90 Å². The Kier molecular flexibility index (Phi) is 6.34. The molecule has 1 heterocycles. The minimum Gasteiger partial charge on any atom is -0.496 e. The first-order chi connectivity index (χ1) is 13.6. The normalized spacial score (nSPS) is 16.8. The van der Waals surface area contributed by atoms with E-state index in [2.05, 4.69) is 31.7 Å². The van der Waals surface area contributed by atoms with Crippen molar-refractivity contribution in [2.75, 3.05) is 38.2 Å². The lowest BCUT2D eigenvalue weighted by Crippen LogP contribution is -2.47. The first-order valence-corrected chi connectivity index (χ1v) is 10.0. The molecule has 0 saturated carbocycles. The molecule has 0 radical (unpaired) electrons. The maximum atomic E-state index is 13.2. The second-order valence-electron chi connectivity index (χ2n) is 7.47. The Morgan fingerprint density at radius 1 is 1.00 bits per heavy atom. The highest BCUT2D eigenvalue weighted by molar-refractivity contribution is 6.31. The zero-order valence-corrected chi connectivity index (χ0v) is 17.9. The highest BCUT2D eigenvalue weighted by Gasteiger charge is 2.34. The van der Waals surface area contributed by atoms with Crippen LogP contribution in [0, 0.1) is 13.8 Å². The molecule has 3 rings (SSSR count). The number of piperazine rings is 1. The van der Waals surface area contributed by atoms with Crippen LogP contribution in [0.4, 0.5) is 18.9 Å².